The second kappa shape index (κ2) is 5.79. The summed E-state index contributed by atoms with van der Waals surface area (Å²) in [6.07, 6.45) is 0.704. The molecule has 5 nitrogen and oxygen atoms in total. The monoisotopic (exact) mass is 256 g/mol. The topological polar surface area (TPSA) is 75.3 Å². The third-order valence-electron chi connectivity index (χ3n) is 1.98. The Morgan fingerprint density at radius 2 is 1.82 bits per heavy atom. The summed E-state index contributed by atoms with van der Waals surface area (Å²) in [4.78, 5) is 10.4. The van der Waals surface area contributed by atoms with Gasteiger partial charge < -0.3 is 0 Å². The molecule has 0 bridgehead atoms. The van der Waals surface area contributed by atoms with Crippen molar-refractivity contribution >= 4 is 22.2 Å². The lowest BCUT2D eigenvalue weighted by Crippen LogP contribution is -2.32. The maximum absolute atomic E-state index is 11.6. The first-order valence-electron chi connectivity index (χ1n) is 5.25. The van der Waals surface area contributed by atoms with E-state index < -0.39 is 10.2 Å². The van der Waals surface area contributed by atoms with Crippen LogP contribution in [0.2, 0.25) is 0 Å². The van der Waals surface area contributed by atoms with Crippen molar-refractivity contribution in [1.29, 1.82) is 0 Å². The summed E-state index contributed by atoms with van der Waals surface area (Å²) in [5.41, 5.74) is 0.926. The Bertz CT molecular complexity index is 466. The average molecular weight is 256 g/mol. The first kappa shape index (κ1) is 13.7. The number of rotatable bonds is 6. The van der Waals surface area contributed by atoms with E-state index in [0.717, 1.165) is 0 Å². The minimum Gasteiger partial charge on any atom is -0.298 e. The zero-order valence-electron chi connectivity index (χ0n) is 9.80. The predicted octanol–water partition coefficient (Wildman–Crippen LogP) is 1.40. The molecule has 0 fully saturated rings. The van der Waals surface area contributed by atoms with Gasteiger partial charge in [0.25, 0.3) is 10.2 Å². The lowest BCUT2D eigenvalue weighted by molar-refractivity contribution is 0.112. The molecule has 0 radical (unpaired) electrons. The van der Waals surface area contributed by atoms with E-state index in [9.17, 15) is 13.2 Å². The van der Waals surface area contributed by atoms with Gasteiger partial charge in [0.1, 0.15) is 6.29 Å². The molecule has 17 heavy (non-hydrogen) atoms. The molecule has 0 aromatic heterocycles. The second-order valence-electron chi connectivity index (χ2n) is 4.09. The number of anilines is 1. The Labute approximate surface area is 101 Å². The van der Waals surface area contributed by atoms with Crippen molar-refractivity contribution in [1.82, 2.24) is 4.72 Å². The van der Waals surface area contributed by atoms with Gasteiger partial charge in [-0.25, -0.2) is 0 Å². The quantitative estimate of drug-likeness (QED) is 0.755. The van der Waals surface area contributed by atoms with Gasteiger partial charge in [-0.2, -0.15) is 13.1 Å². The van der Waals surface area contributed by atoms with Crippen molar-refractivity contribution in [3.63, 3.8) is 0 Å². The summed E-state index contributed by atoms with van der Waals surface area (Å²) in [5.74, 6) is 0.240. The van der Waals surface area contributed by atoms with Crippen LogP contribution in [0, 0.1) is 5.92 Å². The lowest BCUT2D eigenvalue weighted by atomic mass is 10.2. The third-order valence-corrected chi connectivity index (χ3v) is 3.03. The number of hydrogen-bond acceptors (Lipinski definition) is 3. The van der Waals surface area contributed by atoms with Crippen LogP contribution in [0.25, 0.3) is 0 Å². The van der Waals surface area contributed by atoms with Crippen molar-refractivity contribution in [2.75, 3.05) is 11.3 Å². The summed E-state index contributed by atoms with van der Waals surface area (Å²) in [6.45, 7) is 4.21. The first-order chi connectivity index (χ1) is 7.93. The summed E-state index contributed by atoms with van der Waals surface area (Å²) >= 11 is 0. The molecular formula is C11H16N2O3S. The van der Waals surface area contributed by atoms with Crippen LogP contribution in [0.1, 0.15) is 24.2 Å². The van der Waals surface area contributed by atoms with Crippen molar-refractivity contribution < 1.29 is 13.2 Å². The summed E-state index contributed by atoms with van der Waals surface area (Å²) in [5, 5.41) is 0. The fourth-order valence-electron chi connectivity index (χ4n) is 1.10. The molecule has 0 aliphatic heterocycles. The maximum atomic E-state index is 11.6. The Kier molecular flexibility index (Phi) is 4.65. The molecule has 0 aliphatic carbocycles. The Morgan fingerprint density at radius 1 is 1.24 bits per heavy atom. The van der Waals surface area contributed by atoms with E-state index in [1.807, 2.05) is 13.8 Å². The molecule has 1 aromatic carbocycles. The first-order valence-corrected chi connectivity index (χ1v) is 6.74. The van der Waals surface area contributed by atoms with E-state index in [1.165, 1.54) is 0 Å². The molecule has 0 aliphatic rings. The van der Waals surface area contributed by atoms with E-state index in [1.54, 1.807) is 24.3 Å². The molecule has 0 saturated carbocycles. The fraction of sp³-hybridized carbons (Fsp3) is 0.364. The molecule has 2 N–H and O–H groups in total. The number of carbonyl (C=O) groups is 1. The van der Waals surface area contributed by atoms with Crippen LogP contribution >= 0.6 is 0 Å². The van der Waals surface area contributed by atoms with E-state index in [-0.39, 0.29) is 5.92 Å². The molecule has 0 heterocycles. The highest BCUT2D eigenvalue weighted by Crippen LogP contribution is 2.09. The van der Waals surface area contributed by atoms with Crippen LogP contribution < -0.4 is 9.44 Å². The molecule has 0 unspecified atom stereocenters. The van der Waals surface area contributed by atoms with Gasteiger partial charge in [0.05, 0.1) is 0 Å². The summed E-state index contributed by atoms with van der Waals surface area (Å²) in [6, 6.07) is 6.18. The van der Waals surface area contributed by atoms with Crippen molar-refractivity contribution in [3.8, 4) is 0 Å². The standard InChI is InChI=1S/C11H16N2O3S/c1-9(2)7-12-17(15,16)13-11-5-3-10(8-14)4-6-11/h3-6,8-9,12-13H,7H2,1-2H3. The van der Waals surface area contributed by atoms with Gasteiger partial charge in [-0.15, -0.1) is 0 Å². The van der Waals surface area contributed by atoms with Crippen LogP contribution in [0.15, 0.2) is 24.3 Å². The molecule has 0 saturated heterocycles. The van der Waals surface area contributed by atoms with E-state index in [2.05, 4.69) is 9.44 Å². The number of nitrogens with one attached hydrogen (secondary N) is 2. The van der Waals surface area contributed by atoms with Crippen molar-refractivity contribution in [2.45, 2.75) is 13.8 Å². The molecule has 6 heteroatoms. The lowest BCUT2D eigenvalue weighted by Gasteiger charge is -2.10. The van der Waals surface area contributed by atoms with Crippen LogP contribution in [0.5, 0.6) is 0 Å². The normalized spacial score (nSPS) is 11.5. The smallest absolute Gasteiger partial charge is 0.298 e. The van der Waals surface area contributed by atoms with Crippen LogP contribution in [0.3, 0.4) is 0 Å². The predicted molar refractivity (Wildman–Crippen MR) is 67.2 cm³/mol. The highest BCUT2D eigenvalue weighted by molar-refractivity contribution is 7.90. The molecular weight excluding hydrogens is 240 g/mol. The van der Waals surface area contributed by atoms with Crippen molar-refractivity contribution in [2.24, 2.45) is 5.92 Å². The van der Waals surface area contributed by atoms with Gasteiger partial charge in [-0.1, -0.05) is 13.8 Å². The number of carbonyl (C=O) groups excluding carboxylic acids is 1. The second-order valence-corrected chi connectivity index (χ2v) is 5.59. The highest BCUT2D eigenvalue weighted by atomic mass is 32.2. The zero-order valence-corrected chi connectivity index (χ0v) is 10.6. The van der Waals surface area contributed by atoms with Gasteiger partial charge in [0, 0.05) is 17.8 Å². The fourth-order valence-corrected chi connectivity index (χ4v) is 2.17. The van der Waals surface area contributed by atoms with Gasteiger partial charge >= 0.3 is 0 Å². The molecule has 1 aromatic rings. The molecule has 1 rings (SSSR count). The molecule has 94 valence electrons. The number of aldehydes is 1. The average Bonchev–Trinajstić information content (AvgIpc) is 2.27. The zero-order chi connectivity index (χ0) is 12.9. The highest BCUT2D eigenvalue weighted by Gasteiger charge is 2.09. The SMILES string of the molecule is CC(C)CNS(=O)(=O)Nc1ccc(C=O)cc1. The Hall–Kier alpha value is -1.40. The minimum absolute atomic E-state index is 0.240. The van der Waals surface area contributed by atoms with Crippen LogP contribution in [-0.2, 0) is 10.2 Å². The largest absolute Gasteiger partial charge is 0.299 e. The molecule has 0 spiro atoms. The molecule has 0 amide bonds. The van der Waals surface area contributed by atoms with Crippen LogP contribution in [0.4, 0.5) is 5.69 Å². The number of hydrogen-bond donors (Lipinski definition) is 2. The van der Waals surface area contributed by atoms with Gasteiger partial charge in [0.2, 0.25) is 0 Å². The van der Waals surface area contributed by atoms with Gasteiger partial charge in [0.15, 0.2) is 0 Å². The Morgan fingerprint density at radius 3 is 2.29 bits per heavy atom. The maximum Gasteiger partial charge on any atom is 0.299 e. The summed E-state index contributed by atoms with van der Waals surface area (Å²) in [7, 11) is -3.54. The van der Waals surface area contributed by atoms with E-state index >= 15 is 0 Å². The minimum atomic E-state index is -3.54. The Balaban J connectivity index is 2.66. The van der Waals surface area contributed by atoms with Crippen molar-refractivity contribution in [3.05, 3.63) is 29.8 Å². The molecule has 0 atom stereocenters. The van der Waals surface area contributed by atoms with E-state index in [0.29, 0.717) is 24.1 Å². The summed E-state index contributed by atoms with van der Waals surface area (Å²) < 4.78 is 27.9. The third kappa shape index (κ3) is 4.97. The van der Waals surface area contributed by atoms with Crippen LogP contribution in [-0.4, -0.2) is 21.2 Å². The van der Waals surface area contributed by atoms with Gasteiger partial charge in [-0.3, -0.25) is 9.52 Å². The van der Waals surface area contributed by atoms with E-state index in [4.69, 9.17) is 0 Å². The number of benzene rings is 1. The van der Waals surface area contributed by atoms with Gasteiger partial charge in [-0.05, 0) is 30.2 Å².